The van der Waals surface area contributed by atoms with Crippen LogP contribution in [0.1, 0.15) is 205 Å². The van der Waals surface area contributed by atoms with Gasteiger partial charge in [-0.1, -0.05) is 122 Å². The van der Waals surface area contributed by atoms with E-state index in [1.165, 1.54) is 77.0 Å². The molecule has 9 fully saturated rings. The third-order valence-electron chi connectivity index (χ3n) is 18.0. The van der Waals surface area contributed by atoms with Crippen LogP contribution < -0.4 is 0 Å². The van der Waals surface area contributed by atoms with E-state index in [-0.39, 0.29) is 0 Å². The zero-order valence-electron chi connectivity index (χ0n) is 31.6. The summed E-state index contributed by atoms with van der Waals surface area (Å²) in [5, 5.41) is 0. The van der Waals surface area contributed by atoms with E-state index in [2.05, 4.69) is 9.80 Å². The van der Waals surface area contributed by atoms with Gasteiger partial charge in [-0.3, -0.25) is 9.80 Å². The maximum absolute atomic E-state index is 3.54. The van der Waals surface area contributed by atoms with Crippen LogP contribution in [0.2, 0.25) is 0 Å². The minimum atomic E-state index is 0.922. The molecule has 0 aliphatic heterocycles. The van der Waals surface area contributed by atoms with Gasteiger partial charge in [0.25, 0.3) is 0 Å². The number of nitrogens with zero attached hydrogens (tertiary/aromatic N) is 2. The average Bonchev–Trinajstić information content (AvgIpc) is 3.16. The highest BCUT2D eigenvalue weighted by Crippen LogP contribution is 2.62. The van der Waals surface area contributed by atoms with E-state index in [1.54, 1.807) is 128 Å². The monoisotopic (exact) mass is 659 g/mol. The van der Waals surface area contributed by atoms with E-state index < -0.39 is 0 Å². The number of fused-ring (bicyclic) bond motifs is 5. The summed E-state index contributed by atoms with van der Waals surface area (Å²) in [5.74, 6) is 8.32. The van der Waals surface area contributed by atoms with Crippen molar-refractivity contribution in [2.75, 3.05) is 0 Å². The zero-order valence-corrected chi connectivity index (χ0v) is 31.6. The van der Waals surface area contributed by atoms with Crippen molar-refractivity contribution in [3.63, 3.8) is 0 Å². The molecule has 0 saturated heterocycles. The molecule has 0 radical (unpaired) electrons. The van der Waals surface area contributed by atoms with Gasteiger partial charge >= 0.3 is 0 Å². The Bertz CT molecular complexity index is 960. The van der Waals surface area contributed by atoms with Crippen LogP contribution in [-0.4, -0.2) is 46.1 Å². The highest BCUT2D eigenvalue weighted by Gasteiger charge is 2.62. The fraction of sp³-hybridized carbons (Fsp3) is 1.00. The second kappa shape index (κ2) is 15.5. The Morgan fingerprint density at radius 3 is 1.10 bits per heavy atom. The maximum Gasteiger partial charge on any atom is 0.0167 e. The fourth-order valence-corrected chi connectivity index (χ4v) is 16.2. The maximum atomic E-state index is 3.54. The molecule has 0 heterocycles. The number of hydrogen-bond donors (Lipinski definition) is 0. The standard InChI is InChI=1S/C46H78N2/c1-5-20-36(21-6-1)47(37-22-7-2-8-23-37)45-41-30-29-33-17-15-16-28-40(33)44(41)46(43-32-35-19-14-13-18-34(35)31-42(43)45)48(38-24-9-3-10-25-38)39-26-11-4-12-27-39/h33-46H,1-32H2. The first-order valence-electron chi connectivity index (χ1n) is 23.4. The molecule has 0 aromatic carbocycles. The molecule has 9 rings (SSSR count). The van der Waals surface area contributed by atoms with E-state index >= 15 is 0 Å². The van der Waals surface area contributed by atoms with Crippen molar-refractivity contribution < 1.29 is 0 Å². The summed E-state index contributed by atoms with van der Waals surface area (Å²) >= 11 is 0. The normalized spacial score (nSPS) is 44.1. The average molecular weight is 659 g/mol. The molecule has 9 saturated carbocycles. The Morgan fingerprint density at radius 2 is 0.625 bits per heavy atom. The lowest BCUT2D eigenvalue weighted by atomic mass is 9.46. The predicted molar refractivity (Wildman–Crippen MR) is 202 cm³/mol. The summed E-state index contributed by atoms with van der Waals surface area (Å²) in [5.41, 5.74) is 0. The van der Waals surface area contributed by atoms with Crippen molar-refractivity contribution in [3.8, 4) is 0 Å². The summed E-state index contributed by atoms with van der Waals surface area (Å²) < 4.78 is 0. The van der Waals surface area contributed by atoms with Crippen LogP contribution in [-0.2, 0) is 0 Å². The zero-order chi connectivity index (χ0) is 31.9. The lowest BCUT2D eigenvalue weighted by Gasteiger charge is -2.68. The fourth-order valence-electron chi connectivity index (χ4n) is 16.2. The second-order valence-electron chi connectivity index (χ2n) is 20.2. The van der Waals surface area contributed by atoms with Gasteiger partial charge in [0.15, 0.2) is 0 Å². The van der Waals surface area contributed by atoms with Crippen molar-refractivity contribution >= 4 is 0 Å². The topological polar surface area (TPSA) is 6.48 Å². The van der Waals surface area contributed by atoms with Crippen LogP contribution in [0.5, 0.6) is 0 Å². The molecule has 0 aromatic rings. The SMILES string of the molecule is C1CCC(N(C2CCCCC2)C2C3CC4CCCCC4CC3C(N(C3CCCCC3)C3CCCCC3)C3C4CCCCC4CCC32)CC1. The van der Waals surface area contributed by atoms with Gasteiger partial charge in [0.2, 0.25) is 0 Å². The molecule has 2 heteroatoms. The Hall–Kier alpha value is -0.0800. The molecule has 10 atom stereocenters. The predicted octanol–water partition coefficient (Wildman–Crippen LogP) is 12.3. The van der Waals surface area contributed by atoms with Gasteiger partial charge in [-0.15, -0.1) is 0 Å². The van der Waals surface area contributed by atoms with Crippen LogP contribution in [0.15, 0.2) is 0 Å². The quantitative estimate of drug-likeness (QED) is 0.280. The minimum Gasteiger partial charge on any atom is -0.294 e. The first-order valence-corrected chi connectivity index (χ1v) is 23.4. The smallest absolute Gasteiger partial charge is 0.0167 e. The molecule has 2 nitrogen and oxygen atoms in total. The highest BCUT2D eigenvalue weighted by molar-refractivity contribution is 5.14. The van der Waals surface area contributed by atoms with Crippen LogP contribution >= 0.6 is 0 Å². The lowest BCUT2D eigenvalue weighted by molar-refractivity contribution is -0.182. The van der Waals surface area contributed by atoms with Gasteiger partial charge < -0.3 is 0 Å². The summed E-state index contributed by atoms with van der Waals surface area (Å²) in [6, 6.07) is 5.57. The number of rotatable bonds is 6. The molecule has 0 N–H and O–H groups in total. The molecule has 48 heavy (non-hydrogen) atoms. The van der Waals surface area contributed by atoms with E-state index in [0.29, 0.717) is 0 Å². The third kappa shape index (κ3) is 6.55. The lowest BCUT2D eigenvalue weighted by Crippen LogP contribution is -2.71. The Kier molecular flexibility index (Phi) is 10.9. The van der Waals surface area contributed by atoms with Gasteiger partial charge in [0, 0.05) is 36.3 Å². The van der Waals surface area contributed by atoms with E-state index in [4.69, 9.17) is 0 Å². The molecule has 0 spiro atoms. The van der Waals surface area contributed by atoms with Crippen molar-refractivity contribution in [2.24, 2.45) is 47.3 Å². The van der Waals surface area contributed by atoms with Crippen molar-refractivity contribution in [2.45, 2.75) is 242 Å². The molecule has 0 bridgehead atoms. The first-order chi connectivity index (χ1) is 23.8. The third-order valence-corrected chi connectivity index (χ3v) is 18.0. The van der Waals surface area contributed by atoms with Crippen LogP contribution in [0.4, 0.5) is 0 Å². The van der Waals surface area contributed by atoms with Gasteiger partial charge in [-0.2, -0.15) is 0 Å². The van der Waals surface area contributed by atoms with Gasteiger partial charge in [-0.05, 0) is 131 Å². The summed E-state index contributed by atoms with van der Waals surface area (Å²) in [6.45, 7) is 0. The van der Waals surface area contributed by atoms with Crippen molar-refractivity contribution in [1.29, 1.82) is 0 Å². The largest absolute Gasteiger partial charge is 0.294 e. The van der Waals surface area contributed by atoms with Gasteiger partial charge in [0.05, 0.1) is 0 Å². The molecule has 272 valence electrons. The molecule has 9 aliphatic carbocycles. The van der Waals surface area contributed by atoms with Crippen molar-refractivity contribution in [1.82, 2.24) is 9.80 Å². The second-order valence-corrected chi connectivity index (χ2v) is 20.2. The minimum absolute atomic E-state index is 0.922. The van der Waals surface area contributed by atoms with Crippen LogP contribution in [0.3, 0.4) is 0 Å². The summed E-state index contributed by atoms with van der Waals surface area (Å²) in [6.07, 6.45) is 49.7. The van der Waals surface area contributed by atoms with Crippen LogP contribution in [0.25, 0.3) is 0 Å². The molecule has 0 amide bonds. The summed E-state index contributed by atoms with van der Waals surface area (Å²) in [7, 11) is 0. The summed E-state index contributed by atoms with van der Waals surface area (Å²) in [4.78, 5) is 7.05. The molecule has 9 aliphatic rings. The van der Waals surface area contributed by atoms with E-state index in [9.17, 15) is 0 Å². The highest BCUT2D eigenvalue weighted by atomic mass is 15.3. The van der Waals surface area contributed by atoms with Crippen LogP contribution in [0, 0.1) is 47.3 Å². The number of hydrogen-bond acceptors (Lipinski definition) is 2. The Morgan fingerprint density at radius 1 is 0.250 bits per heavy atom. The van der Waals surface area contributed by atoms with E-state index in [1.807, 2.05) is 0 Å². The van der Waals surface area contributed by atoms with Gasteiger partial charge in [0.1, 0.15) is 0 Å². The first kappa shape index (κ1) is 33.7. The molecule has 0 aromatic heterocycles. The van der Waals surface area contributed by atoms with E-state index in [0.717, 1.165) is 83.6 Å². The molecular formula is C46H78N2. The Labute approximate surface area is 298 Å². The van der Waals surface area contributed by atoms with Crippen molar-refractivity contribution in [3.05, 3.63) is 0 Å². The molecule has 10 unspecified atom stereocenters. The van der Waals surface area contributed by atoms with Gasteiger partial charge in [-0.25, -0.2) is 0 Å². The Balaban J connectivity index is 1.17. The molecular weight excluding hydrogens is 581 g/mol.